The molecule has 0 N–H and O–H groups in total. The monoisotopic (exact) mass is 380 g/mol. The van der Waals surface area contributed by atoms with Crippen molar-refractivity contribution < 1.29 is 14.3 Å². The molecule has 114 valence electrons. The van der Waals surface area contributed by atoms with Gasteiger partial charge in [0.1, 0.15) is 11.9 Å². The lowest BCUT2D eigenvalue weighted by Crippen LogP contribution is -2.15. The molecule has 2 aromatic rings. The highest BCUT2D eigenvalue weighted by Gasteiger charge is 2.18. The summed E-state index contributed by atoms with van der Waals surface area (Å²) in [5.74, 6) is 0.634. The van der Waals surface area contributed by atoms with Crippen LogP contribution in [-0.2, 0) is 4.74 Å². The van der Waals surface area contributed by atoms with Crippen LogP contribution in [0.3, 0.4) is 0 Å². The Balaban J connectivity index is 1.77. The average Bonchev–Trinajstić information content (AvgIpc) is 3.03. The van der Waals surface area contributed by atoms with Crippen LogP contribution in [0.4, 0.5) is 0 Å². The van der Waals surface area contributed by atoms with Crippen molar-refractivity contribution in [3.63, 3.8) is 0 Å². The smallest absolute Gasteiger partial charge is 0.194 e. The van der Waals surface area contributed by atoms with Crippen LogP contribution in [0, 0.1) is 0 Å². The van der Waals surface area contributed by atoms with Crippen molar-refractivity contribution in [1.29, 1.82) is 0 Å². The van der Waals surface area contributed by atoms with E-state index in [1.165, 1.54) is 0 Å². The number of carbonyl (C=O) groups is 1. The van der Waals surface area contributed by atoms with Gasteiger partial charge in [0.05, 0.1) is 18.2 Å². The lowest BCUT2D eigenvalue weighted by Gasteiger charge is -2.12. The van der Waals surface area contributed by atoms with Gasteiger partial charge in [-0.05, 0) is 42.5 Å². The van der Waals surface area contributed by atoms with E-state index in [2.05, 4.69) is 15.9 Å². The summed E-state index contributed by atoms with van der Waals surface area (Å²) in [4.78, 5) is 12.5. The second-order valence-corrected chi connectivity index (χ2v) is 6.40. The highest BCUT2D eigenvalue weighted by molar-refractivity contribution is 9.10. The van der Waals surface area contributed by atoms with E-state index < -0.39 is 0 Å². The molecule has 1 atom stereocenters. The SMILES string of the molecule is O=C(c1ccc(OC2CCOC2)cc1)c1cc(Br)ccc1Cl. The maximum Gasteiger partial charge on any atom is 0.194 e. The van der Waals surface area contributed by atoms with E-state index in [9.17, 15) is 4.79 Å². The summed E-state index contributed by atoms with van der Waals surface area (Å²) in [6.07, 6.45) is 0.995. The molecule has 0 saturated carbocycles. The minimum atomic E-state index is -0.109. The number of hydrogen-bond donors (Lipinski definition) is 0. The fraction of sp³-hybridized carbons (Fsp3) is 0.235. The van der Waals surface area contributed by atoms with Gasteiger partial charge in [-0.3, -0.25) is 4.79 Å². The summed E-state index contributed by atoms with van der Waals surface area (Å²) in [6, 6.07) is 12.4. The minimum Gasteiger partial charge on any atom is -0.488 e. The normalized spacial score (nSPS) is 17.5. The third-order valence-electron chi connectivity index (χ3n) is 3.48. The molecule has 1 unspecified atom stereocenters. The van der Waals surface area contributed by atoms with Gasteiger partial charge in [-0.25, -0.2) is 0 Å². The van der Waals surface area contributed by atoms with Gasteiger partial charge in [0.15, 0.2) is 5.78 Å². The molecule has 2 aromatic carbocycles. The van der Waals surface area contributed by atoms with Gasteiger partial charge in [0.25, 0.3) is 0 Å². The van der Waals surface area contributed by atoms with Crippen LogP contribution in [0.15, 0.2) is 46.9 Å². The van der Waals surface area contributed by atoms with Crippen LogP contribution in [0.5, 0.6) is 5.75 Å². The Morgan fingerprint density at radius 2 is 2.00 bits per heavy atom. The molecule has 3 nitrogen and oxygen atoms in total. The van der Waals surface area contributed by atoms with Crippen LogP contribution >= 0.6 is 27.5 Å². The Morgan fingerprint density at radius 3 is 2.68 bits per heavy atom. The highest BCUT2D eigenvalue weighted by Crippen LogP contribution is 2.25. The highest BCUT2D eigenvalue weighted by atomic mass is 79.9. The first-order valence-electron chi connectivity index (χ1n) is 6.98. The minimum absolute atomic E-state index is 0.0982. The predicted octanol–water partition coefficient (Wildman–Crippen LogP) is 4.50. The van der Waals surface area contributed by atoms with E-state index in [0.29, 0.717) is 22.8 Å². The Hall–Kier alpha value is -1.36. The first-order valence-corrected chi connectivity index (χ1v) is 8.15. The van der Waals surface area contributed by atoms with Gasteiger partial charge in [-0.15, -0.1) is 0 Å². The lowest BCUT2D eigenvalue weighted by atomic mass is 10.0. The van der Waals surface area contributed by atoms with Gasteiger partial charge in [-0.1, -0.05) is 27.5 Å². The third-order valence-corrected chi connectivity index (χ3v) is 4.30. The number of ether oxygens (including phenoxy) is 2. The largest absolute Gasteiger partial charge is 0.488 e. The van der Waals surface area contributed by atoms with Crippen LogP contribution in [0.1, 0.15) is 22.3 Å². The van der Waals surface area contributed by atoms with Gasteiger partial charge in [0, 0.05) is 22.0 Å². The Morgan fingerprint density at radius 1 is 1.23 bits per heavy atom. The van der Waals surface area contributed by atoms with E-state index in [1.807, 2.05) is 0 Å². The van der Waals surface area contributed by atoms with Crippen molar-refractivity contribution in [2.45, 2.75) is 12.5 Å². The molecule has 1 fully saturated rings. The van der Waals surface area contributed by atoms with Crippen molar-refractivity contribution in [3.05, 3.63) is 63.1 Å². The zero-order valence-electron chi connectivity index (χ0n) is 11.7. The fourth-order valence-electron chi connectivity index (χ4n) is 2.31. The Labute approximate surface area is 142 Å². The molecular weight excluding hydrogens is 368 g/mol. The van der Waals surface area contributed by atoms with E-state index in [-0.39, 0.29) is 11.9 Å². The molecule has 1 saturated heterocycles. The Kier molecular flexibility index (Phi) is 4.81. The summed E-state index contributed by atoms with van der Waals surface area (Å²) in [5.41, 5.74) is 1.06. The first kappa shape index (κ1) is 15.5. The second-order valence-electron chi connectivity index (χ2n) is 5.08. The molecule has 0 spiro atoms. The van der Waals surface area contributed by atoms with E-state index in [0.717, 1.165) is 23.2 Å². The van der Waals surface area contributed by atoms with Crippen LogP contribution in [0.2, 0.25) is 5.02 Å². The maximum atomic E-state index is 12.5. The molecule has 1 aliphatic rings. The standard InChI is InChI=1S/C17H14BrClO3/c18-12-3-6-16(19)15(9-12)17(20)11-1-4-13(5-2-11)22-14-7-8-21-10-14/h1-6,9,14H,7-8,10H2. The number of halogens is 2. The molecule has 0 radical (unpaired) electrons. The molecular formula is C17H14BrClO3. The molecule has 0 aromatic heterocycles. The van der Waals surface area contributed by atoms with Gasteiger partial charge in [0.2, 0.25) is 0 Å². The number of hydrogen-bond acceptors (Lipinski definition) is 3. The Bertz CT molecular complexity index is 679. The van der Waals surface area contributed by atoms with Gasteiger partial charge in [-0.2, -0.15) is 0 Å². The van der Waals surface area contributed by atoms with Crippen molar-refractivity contribution in [3.8, 4) is 5.75 Å². The van der Waals surface area contributed by atoms with Crippen molar-refractivity contribution in [2.24, 2.45) is 0 Å². The van der Waals surface area contributed by atoms with E-state index in [4.69, 9.17) is 21.1 Å². The first-order chi connectivity index (χ1) is 10.6. The summed E-state index contributed by atoms with van der Waals surface area (Å²) in [6.45, 7) is 1.36. The molecule has 0 amide bonds. The van der Waals surface area contributed by atoms with Gasteiger partial charge >= 0.3 is 0 Å². The predicted molar refractivity (Wildman–Crippen MR) is 88.9 cm³/mol. The molecule has 5 heteroatoms. The van der Waals surface area contributed by atoms with Crippen LogP contribution in [0.25, 0.3) is 0 Å². The number of ketones is 1. The molecule has 22 heavy (non-hydrogen) atoms. The molecule has 1 heterocycles. The second kappa shape index (κ2) is 6.82. The number of benzene rings is 2. The van der Waals surface area contributed by atoms with Crippen molar-refractivity contribution in [2.75, 3.05) is 13.2 Å². The molecule has 0 bridgehead atoms. The summed E-state index contributed by atoms with van der Waals surface area (Å²) >= 11 is 9.46. The van der Waals surface area contributed by atoms with Gasteiger partial charge < -0.3 is 9.47 Å². The zero-order valence-corrected chi connectivity index (χ0v) is 14.1. The topological polar surface area (TPSA) is 35.5 Å². The van der Waals surface area contributed by atoms with E-state index >= 15 is 0 Å². The quantitative estimate of drug-likeness (QED) is 0.731. The van der Waals surface area contributed by atoms with Crippen molar-refractivity contribution in [1.82, 2.24) is 0 Å². The van der Waals surface area contributed by atoms with Crippen LogP contribution < -0.4 is 4.74 Å². The maximum absolute atomic E-state index is 12.5. The average molecular weight is 382 g/mol. The third kappa shape index (κ3) is 3.51. The zero-order chi connectivity index (χ0) is 15.5. The molecule has 0 aliphatic carbocycles. The number of rotatable bonds is 4. The van der Waals surface area contributed by atoms with Crippen molar-refractivity contribution >= 4 is 33.3 Å². The molecule has 3 rings (SSSR count). The fourth-order valence-corrected chi connectivity index (χ4v) is 2.87. The van der Waals surface area contributed by atoms with E-state index in [1.54, 1.807) is 42.5 Å². The molecule has 1 aliphatic heterocycles. The lowest BCUT2D eigenvalue weighted by molar-refractivity contribution is 0.103. The summed E-state index contributed by atoms with van der Waals surface area (Å²) < 4.78 is 11.9. The summed E-state index contributed by atoms with van der Waals surface area (Å²) in [7, 11) is 0. The number of carbonyl (C=O) groups excluding carboxylic acids is 1. The van der Waals surface area contributed by atoms with Crippen LogP contribution in [-0.4, -0.2) is 25.1 Å². The summed E-state index contributed by atoms with van der Waals surface area (Å²) in [5, 5.41) is 0.441.